The molecule has 1 aromatic carbocycles. The summed E-state index contributed by atoms with van der Waals surface area (Å²) in [6.45, 7) is 0.384. The molecule has 1 N–H and O–H groups in total. The summed E-state index contributed by atoms with van der Waals surface area (Å²) < 4.78 is 28.6. The lowest BCUT2D eigenvalue weighted by Crippen LogP contribution is -3.00. The summed E-state index contributed by atoms with van der Waals surface area (Å²) >= 11 is 0. The molecule has 0 fully saturated rings. The number of hydrogen-bond donors (Lipinski definition) is 1. The van der Waals surface area contributed by atoms with E-state index in [4.69, 9.17) is 0 Å². The average molecular weight is 404 g/mol. The summed E-state index contributed by atoms with van der Waals surface area (Å²) in [5.41, 5.74) is 1.08. The van der Waals surface area contributed by atoms with Crippen molar-refractivity contribution >= 4 is 10.0 Å². The highest BCUT2D eigenvalue weighted by Crippen LogP contribution is 2.06. The molecule has 1 aromatic heterocycles. The summed E-state index contributed by atoms with van der Waals surface area (Å²) in [6.07, 6.45) is 2.60. The summed E-state index contributed by atoms with van der Waals surface area (Å²) in [5.74, 6) is 0. The van der Waals surface area contributed by atoms with E-state index in [1.807, 2.05) is 36.0 Å². The zero-order chi connectivity index (χ0) is 13.7. The quantitative estimate of drug-likeness (QED) is 0.465. The molecule has 0 atom stereocenters. The van der Waals surface area contributed by atoms with Gasteiger partial charge in [-0.15, -0.1) is 0 Å². The molecule has 0 amide bonds. The molecular formula is C14H17IN2O2S. The largest absolute Gasteiger partial charge is 1.00 e. The third kappa shape index (κ3) is 4.53. The van der Waals surface area contributed by atoms with E-state index in [1.54, 1.807) is 30.3 Å². The van der Waals surface area contributed by atoms with Crippen LogP contribution in [0.3, 0.4) is 0 Å². The smallest absolute Gasteiger partial charge is 0.240 e. The lowest BCUT2D eigenvalue weighted by atomic mass is 10.2. The standard InChI is InChI=1S/C14H17N2O2S.HI/c1-16-12-6-5-7-13(16)10-11-15-19(17,18)14-8-3-2-4-9-14;/h2-9,12,15H,10-11H2,1H3;1H/q+1;/p-1. The second-order valence-corrected chi connectivity index (χ2v) is 6.03. The topological polar surface area (TPSA) is 50.1 Å². The van der Waals surface area contributed by atoms with Crippen LogP contribution in [0.15, 0.2) is 59.6 Å². The molecule has 20 heavy (non-hydrogen) atoms. The van der Waals surface area contributed by atoms with Crippen molar-refractivity contribution in [2.24, 2.45) is 7.05 Å². The van der Waals surface area contributed by atoms with Gasteiger partial charge in [0.2, 0.25) is 10.0 Å². The van der Waals surface area contributed by atoms with E-state index in [0.29, 0.717) is 17.9 Å². The number of nitrogens with zero attached hydrogens (tertiary/aromatic N) is 1. The van der Waals surface area contributed by atoms with Crippen LogP contribution >= 0.6 is 0 Å². The number of halogens is 1. The number of pyridine rings is 1. The van der Waals surface area contributed by atoms with Gasteiger partial charge in [-0.05, 0) is 12.1 Å². The number of aryl methyl sites for hydroxylation is 1. The Labute approximate surface area is 136 Å². The molecule has 6 heteroatoms. The highest BCUT2D eigenvalue weighted by Gasteiger charge is 2.13. The van der Waals surface area contributed by atoms with Gasteiger partial charge in [-0.3, -0.25) is 0 Å². The Bertz CT molecular complexity index is 645. The van der Waals surface area contributed by atoms with Crippen LogP contribution in [0, 0.1) is 0 Å². The normalized spacial score (nSPS) is 10.8. The van der Waals surface area contributed by atoms with Crippen molar-refractivity contribution in [3.8, 4) is 0 Å². The van der Waals surface area contributed by atoms with Crippen molar-refractivity contribution in [3.05, 3.63) is 60.4 Å². The number of nitrogens with one attached hydrogen (secondary N) is 1. The van der Waals surface area contributed by atoms with Crippen LogP contribution in [0.4, 0.5) is 0 Å². The van der Waals surface area contributed by atoms with Crippen molar-refractivity contribution in [3.63, 3.8) is 0 Å². The molecule has 0 aliphatic heterocycles. The van der Waals surface area contributed by atoms with Gasteiger partial charge in [0, 0.05) is 25.1 Å². The molecule has 0 radical (unpaired) electrons. The number of hydrogen-bond acceptors (Lipinski definition) is 2. The SMILES string of the molecule is C[n+]1ccccc1CCNS(=O)(=O)c1ccccc1.[I-]. The van der Waals surface area contributed by atoms with E-state index < -0.39 is 10.0 Å². The van der Waals surface area contributed by atoms with Crippen molar-refractivity contribution in [2.75, 3.05) is 6.54 Å². The number of rotatable bonds is 5. The molecule has 0 spiro atoms. The Balaban J connectivity index is 0.00000200. The van der Waals surface area contributed by atoms with E-state index in [9.17, 15) is 8.42 Å². The molecule has 0 saturated carbocycles. The molecule has 0 bridgehead atoms. The van der Waals surface area contributed by atoms with Crippen molar-refractivity contribution in [2.45, 2.75) is 11.3 Å². The zero-order valence-corrected chi connectivity index (χ0v) is 14.1. The maximum Gasteiger partial charge on any atom is 0.240 e. The Morgan fingerprint density at radius 2 is 1.70 bits per heavy atom. The second-order valence-electron chi connectivity index (χ2n) is 4.26. The molecule has 0 aliphatic rings. The monoisotopic (exact) mass is 404 g/mol. The van der Waals surface area contributed by atoms with Gasteiger partial charge >= 0.3 is 0 Å². The molecule has 2 aromatic rings. The first-order valence-electron chi connectivity index (χ1n) is 6.08. The van der Waals surface area contributed by atoms with Gasteiger partial charge in [0.1, 0.15) is 7.05 Å². The second kappa shape index (κ2) is 7.70. The Kier molecular flexibility index (Phi) is 6.57. The van der Waals surface area contributed by atoms with Crippen LogP contribution in [0.25, 0.3) is 0 Å². The fourth-order valence-corrected chi connectivity index (χ4v) is 2.87. The minimum Gasteiger partial charge on any atom is -1.00 e. The van der Waals surface area contributed by atoms with Crippen molar-refractivity contribution in [1.82, 2.24) is 4.72 Å². The van der Waals surface area contributed by atoms with E-state index in [2.05, 4.69) is 4.72 Å². The fraction of sp³-hybridized carbons (Fsp3) is 0.214. The molecule has 1 heterocycles. The first-order valence-corrected chi connectivity index (χ1v) is 7.56. The molecule has 2 rings (SSSR count). The van der Waals surface area contributed by atoms with E-state index in [1.165, 1.54) is 0 Å². The molecule has 0 unspecified atom stereocenters. The number of benzene rings is 1. The Morgan fingerprint density at radius 1 is 1.05 bits per heavy atom. The number of sulfonamides is 1. The van der Waals surface area contributed by atoms with Gasteiger partial charge in [0.05, 0.1) is 4.90 Å². The third-order valence-electron chi connectivity index (χ3n) is 2.89. The molecule has 4 nitrogen and oxygen atoms in total. The highest BCUT2D eigenvalue weighted by molar-refractivity contribution is 7.89. The number of aromatic nitrogens is 1. The van der Waals surface area contributed by atoms with Crippen LogP contribution in [-0.2, 0) is 23.5 Å². The predicted molar refractivity (Wildman–Crippen MR) is 73.0 cm³/mol. The van der Waals surface area contributed by atoms with Gasteiger partial charge in [0.25, 0.3) is 0 Å². The van der Waals surface area contributed by atoms with Gasteiger partial charge in [-0.1, -0.05) is 24.3 Å². The van der Waals surface area contributed by atoms with Crippen molar-refractivity contribution < 1.29 is 37.0 Å². The predicted octanol–water partition coefficient (Wildman–Crippen LogP) is -1.96. The first-order chi connectivity index (χ1) is 9.09. The van der Waals surface area contributed by atoms with E-state index >= 15 is 0 Å². The Morgan fingerprint density at radius 3 is 2.35 bits per heavy atom. The van der Waals surface area contributed by atoms with E-state index in [0.717, 1.165) is 5.69 Å². The lowest BCUT2D eigenvalue weighted by Gasteiger charge is -2.05. The average Bonchev–Trinajstić information content (AvgIpc) is 2.42. The van der Waals surface area contributed by atoms with E-state index in [-0.39, 0.29) is 24.0 Å². The lowest BCUT2D eigenvalue weighted by molar-refractivity contribution is -0.679. The van der Waals surface area contributed by atoms with Gasteiger partial charge < -0.3 is 24.0 Å². The minimum absolute atomic E-state index is 0. The van der Waals surface area contributed by atoms with Crippen LogP contribution in [0.2, 0.25) is 0 Å². The maximum atomic E-state index is 12.0. The highest BCUT2D eigenvalue weighted by atomic mass is 127. The summed E-state index contributed by atoms with van der Waals surface area (Å²) in [4.78, 5) is 0.299. The van der Waals surface area contributed by atoms with Gasteiger partial charge in [-0.2, -0.15) is 0 Å². The minimum atomic E-state index is -3.40. The Hall–Kier alpha value is -0.990. The van der Waals surface area contributed by atoms with Gasteiger partial charge in [-0.25, -0.2) is 17.7 Å². The van der Waals surface area contributed by atoms with Crippen LogP contribution in [0.1, 0.15) is 5.69 Å². The zero-order valence-electron chi connectivity index (χ0n) is 11.2. The maximum absolute atomic E-state index is 12.0. The first kappa shape index (κ1) is 17.1. The summed E-state index contributed by atoms with van der Waals surface area (Å²) in [7, 11) is -1.46. The molecule has 0 saturated heterocycles. The summed E-state index contributed by atoms with van der Waals surface area (Å²) in [5, 5.41) is 0. The third-order valence-corrected chi connectivity index (χ3v) is 4.37. The van der Waals surface area contributed by atoms with Gasteiger partial charge in [0.15, 0.2) is 11.9 Å². The van der Waals surface area contributed by atoms with Crippen LogP contribution in [0.5, 0.6) is 0 Å². The fourth-order valence-electron chi connectivity index (χ4n) is 1.81. The van der Waals surface area contributed by atoms with Crippen LogP contribution < -0.4 is 33.3 Å². The summed E-state index contributed by atoms with van der Waals surface area (Å²) in [6, 6.07) is 14.3. The van der Waals surface area contributed by atoms with Crippen molar-refractivity contribution in [1.29, 1.82) is 0 Å². The molecular weight excluding hydrogens is 387 g/mol. The van der Waals surface area contributed by atoms with Crippen LogP contribution in [-0.4, -0.2) is 15.0 Å². The molecule has 108 valence electrons. The molecule has 0 aliphatic carbocycles.